The van der Waals surface area contributed by atoms with Gasteiger partial charge in [-0.2, -0.15) is 13.2 Å². The second-order valence-electron chi connectivity index (χ2n) is 3.88. The number of rotatable bonds is 1. The van der Waals surface area contributed by atoms with Crippen LogP contribution in [0.5, 0.6) is 5.75 Å². The van der Waals surface area contributed by atoms with E-state index in [-0.39, 0.29) is 16.8 Å². The van der Waals surface area contributed by atoms with E-state index in [2.05, 4.69) is 4.98 Å². The lowest BCUT2D eigenvalue weighted by molar-refractivity contribution is -0.141. The molecule has 6 heteroatoms. The number of nitrogens with two attached hydrogens (primary N) is 1. The predicted molar refractivity (Wildman–Crippen MR) is 62.4 cm³/mol. The third kappa shape index (κ3) is 1.94. The summed E-state index contributed by atoms with van der Waals surface area (Å²) in [6.45, 7) is 1.31. The Kier molecular flexibility index (Phi) is 2.80. The van der Waals surface area contributed by atoms with Crippen LogP contribution in [0.4, 0.5) is 18.9 Å². The average molecular weight is 256 g/mol. The van der Waals surface area contributed by atoms with Gasteiger partial charge in [-0.05, 0) is 25.1 Å². The first-order valence-corrected chi connectivity index (χ1v) is 5.15. The topological polar surface area (TPSA) is 48.1 Å². The summed E-state index contributed by atoms with van der Waals surface area (Å²) in [6.07, 6.45) is -4.51. The van der Waals surface area contributed by atoms with Gasteiger partial charge in [-0.1, -0.05) is 0 Å². The van der Waals surface area contributed by atoms with Gasteiger partial charge in [0.25, 0.3) is 0 Å². The Morgan fingerprint density at radius 2 is 1.94 bits per heavy atom. The summed E-state index contributed by atoms with van der Waals surface area (Å²) in [4.78, 5) is 3.62. The van der Waals surface area contributed by atoms with Crippen LogP contribution < -0.4 is 10.5 Å². The molecule has 0 aliphatic rings. The largest absolute Gasteiger partial charge is 0.497 e. The van der Waals surface area contributed by atoms with Gasteiger partial charge in [-0.3, -0.25) is 0 Å². The Balaban J connectivity index is 2.79. The monoisotopic (exact) mass is 256 g/mol. The van der Waals surface area contributed by atoms with E-state index in [0.29, 0.717) is 11.1 Å². The van der Waals surface area contributed by atoms with Gasteiger partial charge in [-0.15, -0.1) is 0 Å². The van der Waals surface area contributed by atoms with Crippen molar-refractivity contribution in [3.63, 3.8) is 0 Å². The molecule has 0 radical (unpaired) electrons. The Labute approximate surface area is 101 Å². The summed E-state index contributed by atoms with van der Waals surface area (Å²) in [5.74, 6) is 0.523. The molecule has 3 nitrogen and oxygen atoms in total. The molecule has 0 bridgehead atoms. The normalized spacial score (nSPS) is 11.8. The summed E-state index contributed by atoms with van der Waals surface area (Å²) in [6, 6.07) is 4.58. The van der Waals surface area contributed by atoms with Gasteiger partial charge < -0.3 is 10.5 Å². The zero-order chi connectivity index (χ0) is 13.5. The van der Waals surface area contributed by atoms with Crippen molar-refractivity contribution in [3.8, 4) is 5.75 Å². The number of aromatic nitrogens is 1. The fourth-order valence-electron chi connectivity index (χ4n) is 1.77. The van der Waals surface area contributed by atoms with E-state index in [4.69, 9.17) is 10.5 Å². The zero-order valence-electron chi connectivity index (χ0n) is 9.80. The SMILES string of the molecule is COc1ccc2nc(C(F)(F)F)c(C)c(N)c2c1. The van der Waals surface area contributed by atoms with Crippen LogP contribution in [0.15, 0.2) is 18.2 Å². The summed E-state index contributed by atoms with van der Waals surface area (Å²) in [7, 11) is 1.47. The number of methoxy groups -OCH3 is 1. The lowest BCUT2D eigenvalue weighted by Gasteiger charge is -2.14. The maximum atomic E-state index is 12.8. The molecule has 0 aliphatic carbocycles. The zero-order valence-corrected chi connectivity index (χ0v) is 9.80. The molecular formula is C12H11F3N2O. The molecule has 2 N–H and O–H groups in total. The number of pyridine rings is 1. The minimum Gasteiger partial charge on any atom is -0.497 e. The van der Waals surface area contributed by atoms with Crippen molar-refractivity contribution in [1.82, 2.24) is 4.98 Å². The van der Waals surface area contributed by atoms with Crippen LogP contribution in [0, 0.1) is 6.92 Å². The summed E-state index contributed by atoms with van der Waals surface area (Å²) in [5, 5.41) is 0.458. The second-order valence-corrected chi connectivity index (χ2v) is 3.88. The van der Waals surface area contributed by atoms with Gasteiger partial charge in [0.1, 0.15) is 11.4 Å². The third-order valence-corrected chi connectivity index (χ3v) is 2.75. The third-order valence-electron chi connectivity index (χ3n) is 2.75. The van der Waals surface area contributed by atoms with Crippen molar-refractivity contribution in [3.05, 3.63) is 29.5 Å². The minimum atomic E-state index is -4.51. The van der Waals surface area contributed by atoms with Crippen molar-refractivity contribution >= 4 is 16.6 Å². The van der Waals surface area contributed by atoms with Crippen LogP contribution in [0.1, 0.15) is 11.3 Å². The highest BCUT2D eigenvalue weighted by Gasteiger charge is 2.35. The van der Waals surface area contributed by atoms with Crippen LogP contribution in [0.2, 0.25) is 0 Å². The first-order valence-electron chi connectivity index (χ1n) is 5.15. The van der Waals surface area contributed by atoms with Crippen LogP contribution in [-0.2, 0) is 6.18 Å². The van der Waals surface area contributed by atoms with Gasteiger partial charge in [0.2, 0.25) is 0 Å². The molecule has 0 unspecified atom stereocenters. The number of anilines is 1. The molecule has 0 aliphatic heterocycles. The van der Waals surface area contributed by atoms with E-state index in [0.717, 1.165) is 0 Å². The molecule has 0 atom stereocenters. The van der Waals surface area contributed by atoms with E-state index in [1.807, 2.05) is 0 Å². The average Bonchev–Trinajstić information content (AvgIpc) is 2.32. The van der Waals surface area contributed by atoms with Crippen LogP contribution in [-0.4, -0.2) is 12.1 Å². The molecule has 1 aromatic heterocycles. The number of fused-ring (bicyclic) bond motifs is 1. The molecule has 2 rings (SSSR count). The predicted octanol–water partition coefficient (Wildman–Crippen LogP) is 3.15. The number of nitrogens with zero attached hydrogens (tertiary/aromatic N) is 1. The molecule has 96 valence electrons. The number of halogens is 3. The quantitative estimate of drug-likeness (QED) is 0.852. The van der Waals surface area contributed by atoms with Gasteiger partial charge in [0, 0.05) is 16.6 Å². The molecule has 0 saturated carbocycles. The van der Waals surface area contributed by atoms with Crippen LogP contribution in [0.25, 0.3) is 10.9 Å². The summed E-state index contributed by atoms with van der Waals surface area (Å²) >= 11 is 0. The lowest BCUT2D eigenvalue weighted by Crippen LogP contribution is -2.12. The number of alkyl halides is 3. The molecule has 2 aromatic rings. The van der Waals surface area contributed by atoms with Crippen molar-refractivity contribution in [2.24, 2.45) is 0 Å². The number of hydrogen-bond donors (Lipinski definition) is 1. The van der Waals surface area contributed by atoms with Crippen molar-refractivity contribution in [2.75, 3.05) is 12.8 Å². The molecule has 18 heavy (non-hydrogen) atoms. The van der Waals surface area contributed by atoms with Gasteiger partial charge in [-0.25, -0.2) is 4.98 Å². The lowest BCUT2D eigenvalue weighted by atomic mass is 10.1. The summed E-state index contributed by atoms with van der Waals surface area (Å²) in [5.41, 5.74) is 5.01. The van der Waals surface area contributed by atoms with Gasteiger partial charge in [0.05, 0.1) is 12.6 Å². The van der Waals surface area contributed by atoms with Crippen molar-refractivity contribution < 1.29 is 17.9 Å². The molecule has 0 amide bonds. The van der Waals surface area contributed by atoms with Crippen molar-refractivity contribution in [2.45, 2.75) is 13.1 Å². The Morgan fingerprint density at radius 1 is 1.28 bits per heavy atom. The maximum absolute atomic E-state index is 12.8. The molecule has 0 spiro atoms. The van der Waals surface area contributed by atoms with E-state index in [9.17, 15) is 13.2 Å². The molecule has 0 fully saturated rings. The fourth-order valence-corrected chi connectivity index (χ4v) is 1.77. The fraction of sp³-hybridized carbons (Fsp3) is 0.250. The Morgan fingerprint density at radius 3 is 2.50 bits per heavy atom. The Hall–Kier alpha value is -1.98. The van der Waals surface area contributed by atoms with Gasteiger partial charge >= 0.3 is 6.18 Å². The number of nitrogen functional groups attached to an aromatic ring is 1. The van der Waals surface area contributed by atoms with Crippen LogP contribution in [0.3, 0.4) is 0 Å². The van der Waals surface area contributed by atoms with E-state index < -0.39 is 11.9 Å². The van der Waals surface area contributed by atoms with E-state index in [1.54, 1.807) is 12.1 Å². The first-order chi connectivity index (χ1) is 8.34. The molecular weight excluding hydrogens is 245 g/mol. The van der Waals surface area contributed by atoms with E-state index >= 15 is 0 Å². The number of hydrogen-bond acceptors (Lipinski definition) is 3. The highest BCUT2D eigenvalue weighted by molar-refractivity contribution is 5.93. The Bertz CT molecular complexity index is 608. The standard InChI is InChI=1S/C12H11F3N2O/c1-6-10(16)8-5-7(18-2)3-4-9(8)17-11(6)12(13,14)15/h3-5H,1-2H3,(H2,16,17). The highest BCUT2D eigenvalue weighted by atomic mass is 19.4. The maximum Gasteiger partial charge on any atom is 0.433 e. The first kappa shape index (κ1) is 12.5. The molecule has 0 saturated heterocycles. The van der Waals surface area contributed by atoms with E-state index in [1.165, 1.54) is 20.1 Å². The molecule has 1 heterocycles. The molecule has 1 aromatic carbocycles. The van der Waals surface area contributed by atoms with Crippen LogP contribution >= 0.6 is 0 Å². The number of benzene rings is 1. The smallest absolute Gasteiger partial charge is 0.433 e. The number of ether oxygens (including phenoxy) is 1. The van der Waals surface area contributed by atoms with Crippen molar-refractivity contribution in [1.29, 1.82) is 0 Å². The minimum absolute atomic E-state index is 0.0664. The highest BCUT2D eigenvalue weighted by Crippen LogP contribution is 2.36. The summed E-state index contributed by atoms with van der Waals surface area (Å²) < 4.78 is 43.3. The second kappa shape index (κ2) is 4.04. The van der Waals surface area contributed by atoms with Gasteiger partial charge in [0.15, 0.2) is 0 Å².